The Kier molecular flexibility index (Phi) is 5.70. The number of nitrogens with zero attached hydrogens (tertiary/aromatic N) is 1. The van der Waals surface area contributed by atoms with Crippen LogP contribution in [-0.2, 0) is 21.4 Å². The molecule has 1 heterocycles. The molecule has 1 fully saturated rings. The van der Waals surface area contributed by atoms with Gasteiger partial charge in [0, 0.05) is 31.5 Å². The molecule has 0 saturated carbocycles. The first-order valence-electron chi connectivity index (χ1n) is 8.50. The van der Waals surface area contributed by atoms with Crippen LogP contribution in [-0.4, -0.2) is 38.8 Å². The number of methoxy groups -OCH3 is 1. The van der Waals surface area contributed by atoms with E-state index in [1.165, 1.54) is 28.6 Å². The number of amides is 1. The smallest absolute Gasteiger partial charge is 0.255 e. The third-order valence-corrected chi connectivity index (χ3v) is 6.23. The lowest BCUT2D eigenvalue weighted by atomic mass is 10.2. The zero-order valence-corrected chi connectivity index (χ0v) is 15.5. The van der Waals surface area contributed by atoms with Crippen molar-refractivity contribution in [3.8, 4) is 0 Å². The summed E-state index contributed by atoms with van der Waals surface area (Å²) >= 11 is 0. The summed E-state index contributed by atoms with van der Waals surface area (Å²) in [5.41, 5.74) is 2.03. The monoisotopic (exact) mass is 374 g/mol. The SMILES string of the molecule is COCc1cccc(NC(=O)c2ccc(S(=O)(=O)N3CCCC3)cc2)c1. The van der Waals surface area contributed by atoms with Crippen LogP contribution < -0.4 is 5.32 Å². The van der Waals surface area contributed by atoms with Gasteiger partial charge in [-0.1, -0.05) is 12.1 Å². The number of ether oxygens (including phenoxy) is 1. The molecule has 2 aromatic carbocycles. The molecule has 1 N–H and O–H groups in total. The average Bonchev–Trinajstić information content (AvgIpc) is 3.18. The molecule has 0 radical (unpaired) electrons. The fourth-order valence-corrected chi connectivity index (χ4v) is 4.48. The number of carbonyl (C=O) groups excluding carboxylic acids is 1. The van der Waals surface area contributed by atoms with Crippen LogP contribution >= 0.6 is 0 Å². The number of carbonyl (C=O) groups is 1. The third kappa shape index (κ3) is 4.12. The number of hydrogen-bond donors (Lipinski definition) is 1. The number of rotatable bonds is 6. The van der Waals surface area contributed by atoms with E-state index in [-0.39, 0.29) is 10.8 Å². The van der Waals surface area contributed by atoms with Gasteiger partial charge in [0.25, 0.3) is 5.91 Å². The molecule has 0 aromatic heterocycles. The molecule has 0 spiro atoms. The van der Waals surface area contributed by atoms with E-state index in [1.807, 2.05) is 18.2 Å². The highest BCUT2D eigenvalue weighted by atomic mass is 32.2. The standard InChI is InChI=1S/C19H22N2O4S/c1-25-14-15-5-4-6-17(13-15)20-19(22)16-7-9-18(10-8-16)26(23,24)21-11-2-3-12-21/h4-10,13H,2-3,11-12,14H2,1H3,(H,20,22). The van der Waals surface area contributed by atoms with Crippen LogP contribution in [0.5, 0.6) is 0 Å². The Bertz CT molecular complexity index is 873. The maximum atomic E-state index is 12.5. The Morgan fingerprint density at radius 3 is 2.46 bits per heavy atom. The van der Waals surface area contributed by atoms with Gasteiger partial charge in [-0.15, -0.1) is 0 Å². The minimum Gasteiger partial charge on any atom is -0.380 e. The first kappa shape index (κ1) is 18.6. The van der Waals surface area contributed by atoms with Gasteiger partial charge in [-0.2, -0.15) is 4.31 Å². The molecule has 0 unspecified atom stereocenters. The first-order valence-corrected chi connectivity index (χ1v) is 9.94. The minimum atomic E-state index is -3.46. The van der Waals surface area contributed by atoms with Crippen LogP contribution in [0.3, 0.4) is 0 Å². The van der Waals surface area contributed by atoms with Gasteiger partial charge < -0.3 is 10.1 Å². The Morgan fingerprint density at radius 1 is 1.12 bits per heavy atom. The fraction of sp³-hybridized carbons (Fsp3) is 0.316. The second-order valence-electron chi connectivity index (χ2n) is 6.22. The van der Waals surface area contributed by atoms with E-state index < -0.39 is 10.0 Å². The highest BCUT2D eigenvalue weighted by Crippen LogP contribution is 2.21. The summed E-state index contributed by atoms with van der Waals surface area (Å²) in [4.78, 5) is 12.6. The lowest BCUT2D eigenvalue weighted by Crippen LogP contribution is -2.27. The average molecular weight is 374 g/mol. The largest absolute Gasteiger partial charge is 0.380 e. The molecular formula is C19H22N2O4S. The number of sulfonamides is 1. The van der Waals surface area contributed by atoms with E-state index in [0.29, 0.717) is 30.9 Å². The quantitative estimate of drug-likeness (QED) is 0.844. The summed E-state index contributed by atoms with van der Waals surface area (Å²) < 4.78 is 31.6. The second-order valence-corrected chi connectivity index (χ2v) is 8.16. The minimum absolute atomic E-state index is 0.220. The van der Waals surface area contributed by atoms with Crippen molar-refractivity contribution < 1.29 is 17.9 Å². The maximum Gasteiger partial charge on any atom is 0.255 e. The predicted octanol–water partition coefficient (Wildman–Crippen LogP) is 2.87. The summed E-state index contributed by atoms with van der Waals surface area (Å²) in [7, 11) is -1.85. The Balaban J connectivity index is 1.72. The van der Waals surface area contributed by atoms with Crippen LogP contribution in [0, 0.1) is 0 Å². The summed E-state index contributed by atoms with van der Waals surface area (Å²) in [6, 6.07) is 13.5. The maximum absolute atomic E-state index is 12.5. The van der Waals surface area contributed by atoms with Gasteiger partial charge in [0.15, 0.2) is 0 Å². The number of anilines is 1. The number of hydrogen-bond acceptors (Lipinski definition) is 4. The molecule has 26 heavy (non-hydrogen) atoms. The molecule has 0 aliphatic carbocycles. The van der Waals surface area contributed by atoms with E-state index in [4.69, 9.17) is 4.74 Å². The van der Waals surface area contributed by atoms with E-state index in [2.05, 4.69) is 5.32 Å². The van der Waals surface area contributed by atoms with Gasteiger partial charge in [-0.3, -0.25) is 4.79 Å². The van der Waals surface area contributed by atoms with E-state index in [0.717, 1.165) is 18.4 Å². The van der Waals surface area contributed by atoms with E-state index >= 15 is 0 Å². The molecule has 1 saturated heterocycles. The van der Waals surface area contributed by atoms with E-state index in [9.17, 15) is 13.2 Å². The lowest BCUT2D eigenvalue weighted by Gasteiger charge is -2.15. The predicted molar refractivity (Wildman–Crippen MR) is 99.5 cm³/mol. The van der Waals surface area contributed by atoms with Crippen LogP contribution in [0.25, 0.3) is 0 Å². The number of benzene rings is 2. The summed E-state index contributed by atoms with van der Waals surface area (Å²) in [5, 5.41) is 2.82. The van der Waals surface area contributed by atoms with Crippen LogP contribution in [0.1, 0.15) is 28.8 Å². The second kappa shape index (κ2) is 7.99. The van der Waals surface area contributed by atoms with Crippen molar-refractivity contribution in [1.29, 1.82) is 0 Å². The molecule has 6 nitrogen and oxygen atoms in total. The molecular weight excluding hydrogens is 352 g/mol. The molecule has 0 atom stereocenters. The molecule has 1 aliphatic rings. The summed E-state index contributed by atoms with van der Waals surface area (Å²) in [6.07, 6.45) is 1.78. The lowest BCUT2D eigenvalue weighted by molar-refractivity contribution is 0.102. The first-order chi connectivity index (χ1) is 12.5. The Hall–Kier alpha value is -2.22. The van der Waals surface area contributed by atoms with Gasteiger partial charge in [-0.05, 0) is 54.8 Å². The topological polar surface area (TPSA) is 75.7 Å². The molecule has 1 amide bonds. The molecule has 3 rings (SSSR count). The Labute approximate surface area is 153 Å². The highest BCUT2D eigenvalue weighted by molar-refractivity contribution is 7.89. The van der Waals surface area contributed by atoms with Crippen molar-refractivity contribution in [3.63, 3.8) is 0 Å². The van der Waals surface area contributed by atoms with Crippen molar-refractivity contribution >= 4 is 21.6 Å². The van der Waals surface area contributed by atoms with Crippen molar-refractivity contribution in [3.05, 3.63) is 59.7 Å². The van der Waals surface area contributed by atoms with Crippen molar-refractivity contribution in [2.24, 2.45) is 0 Å². The van der Waals surface area contributed by atoms with Gasteiger partial charge in [-0.25, -0.2) is 8.42 Å². The van der Waals surface area contributed by atoms with Gasteiger partial charge in [0.05, 0.1) is 11.5 Å². The van der Waals surface area contributed by atoms with Gasteiger partial charge in [0.2, 0.25) is 10.0 Å². The van der Waals surface area contributed by atoms with Crippen molar-refractivity contribution in [2.45, 2.75) is 24.3 Å². The van der Waals surface area contributed by atoms with Crippen LogP contribution in [0.4, 0.5) is 5.69 Å². The Morgan fingerprint density at radius 2 is 1.81 bits per heavy atom. The van der Waals surface area contributed by atoms with Crippen LogP contribution in [0.15, 0.2) is 53.4 Å². The summed E-state index contributed by atoms with van der Waals surface area (Å²) in [5.74, 6) is -0.287. The molecule has 138 valence electrons. The van der Waals surface area contributed by atoms with Gasteiger partial charge in [0.1, 0.15) is 0 Å². The van der Waals surface area contributed by atoms with Crippen LogP contribution in [0.2, 0.25) is 0 Å². The van der Waals surface area contributed by atoms with E-state index in [1.54, 1.807) is 13.2 Å². The molecule has 1 aliphatic heterocycles. The fourth-order valence-electron chi connectivity index (χ4n) is 2.96. The zero-order valence-electron chi connectivity index (χ0n) is 14.6. The molecule has 2 aromatic rings. The summed E-state index contributed by atoms with van der Waals surface area (Å²) in [6.45, 7) is 1.58. The highest BCUT2D eigenvalue weighted by Gasteiger charge is 2.27. The normalized spacial score (nSPS) is 15.1. The number of nitrogens with one attached hydrogen (secondary N) is 1. The third-order valence-electron chi connectivity index (χ3n) is 4.32. The van der Waals surface area contributed by atoms with Crippen molar-refractivity contribution in [1.82, 2.24) is 4.31 Å². The molecule has 7 heteroatoms. The molecule has 0 bridgehead atoms. The zero-order chi connectivity index (χ0) is 18.6. The van der Waals surface area contributed by atoms with Crippen molar-refractivity contribution in [2.75, 3.05) is 25.5 Å². The van der Waals surface area contributed by atoms with Gasteiger partial charge >= 0.3 is 0 Å².